The summed E-state index contributed by atoms with van der Waals surface area (Å²) in [5.41, 5.74) is 2.59. The second kappa shape index (κ2) is 12.4. The first kappa shape index (κ1) is 24.8. The number of aromatic nitrogens is 4. The molecule has 1 aliphatic rings. The van der Waals surface area contributed by atoms with Gasteiger partial charge in [-0.25, -0.2) is 0 Å². The van der Waals surface area contributed by atoms with Gasteiger partial charge in [0.25, 0.3) is 0 Å². The second-order valence-electron chi connectivity index (χ2n) is 8.27. The fraction of sp³-hybridized carbons (Fsp3) is 0.385. The molecule has 0 spiro atoms. The standard InChI is InChI=1S/C26H28AsN5O3/c1-2-13-32-19-28-23-24(27)29-22(30-25(23)32)10-6-9-20-11-14-31(15-12-20)26(33)35-17-16-34-18-21-7-4-3-5-8-21/h1,3-5,7-8,19-20H,9,11-18,27H2. The molecule has 1 fully saturated rings. The number of benzene rings is 1. The van der Waals surface area contributed by atoms with Crippen molar-refractivity contribution in [3.8, 4) is 24.2 Å². The van der Waals surface area contributed by atoms with E-state index in [0.29, 0.717) is 44.6 Å². The van der Waals surface area contributed by atoms with Gasteiger partial charge in [-0.05, 0) is 5.56 Å². The number of carbonyl (C=O) groups excluding carboxylic acids is 1. The number of hydrogen-bond acceptors (Lipinski definition) is 6. The van der Waals surface area contributed by atoms with Gasteiger partial charge in [0.05, 0.1) is 13.2 Å². The van der Waals surface area contributed by atoms with Gasteiger partial charge in [-0.2, -0.15) is 0 Å². The second-order valence-corrected chi connectivity index (χ2v) is 9.42. The molecule has 8 nitrogen and oxygen atoms in total. The average Bonchev–Trinajstić information content (AvgIpc) is 3.28. The molecule has 0 aliphatic carbocycles. The van der Waals surface area contributed by atoms with Gasteiger partial charge in [-0.15, -0.1) is 0 Å². The Balaban J connectivity index is 1.18. The number of amides is 1. The first-order valence-electron chi connectivity index (χ1n) is 11.6. The zero-order chi connectivity index (χ0) is 24.5. The van der Waals surface area contributed by atoms with E-state index in [1.807, 2.05) is 34.9 Å². The van der Waals surface area contributed by atoms with Gasteiger partial charge in [0.2, 0.25) is 0 Å². The van der Waals surface area contributed by atoms with Crippen LogP contribution in [-0.4, -0.2) is 73.7 Å². The average molecular weight is 533 g/mol. The van der Waals surface area contributed by atoms with Crippen molar-refractivity contribution < 1.29 is 14.3 Å². The number of carbonyl (C=O) groups is 1. The molecule has 9 heteroatoms. The van der Waals surface area contributed by atoms with Crippen LogP contribution in [0.3, 0.4) is 0 Å². The number of piperidine rings is 1. The number of ether oxygens (including phenoxy) is 2. The molecule has 3 aromatic rings. The maximum atomic E-state index is 12.3. The monoisotopic (exact) mass is 533 g/mol. The van der Waals surface area contributed by atoms with Crippen LogP contribution in [0.1, 0.15) is 30.7 Å². The molecule has 0 N–H and O–H groups in total. The van der Waals surface area contributed by atoms with Crippen LogP contribution in [-0.2, 0) is 22.6 Å². The van der Waals surface area contributed by atoms with Gasteiger partial charge in [-0.1, -0.05) is 30.3 Å². The molecule has 0 bridgehead atoms. The van der Waals surface area contributed by atoms with E-state index >= 15 is 0 Å². The molecule has 35 heavy (non-hydrogen) atoms. The Bertz CT molecular complexity index is 1250. The fourth-order valence-electron chi connectivity index (χ4n) is 3.87. The summed E-state index contributed by atoms with van der Waals surface area (Å²) in [5, 5.41) is 0. The molecule has 1 aliphatic heterocycles. The SMILES string of the molecule is C#CCn1cnc2c([AsH2])nc(C#CCC3CCN(C(=O)OCCOCc4ccccc4)CC3)nc21. The molecule has 0 saturated carbocycles. The molecular weight excluding hydrogens is 505 g/mol. The van der Waals surface area contributed by atoms with Crippen molar-refractivity contribution >= 4 is 38.6 Å². The van der Waals surface area contributed by atoms with Gasteiger partial charge in [-0.3, -0.25) is 0 Å². The van der Waals surface area contributed by atoms with Crippen molar-refractivity contribution in [3.63, 3.8) is 0 Å². The predicted octanol–water partition coefficient (Wildman–Crippen LogP) is 1.52. The third-order valence-electron chi connectivity index (χ3n) is 5.78. The summed E-state index contributed by atoms with van der Waals surface area (Å²) >= 11 is 1.38. The van der Waals surface area contributed by atoms with Crippen LogP contribution in [0.4, 0.5) is 4.79 Å². The molecule has 3 heterocycles. The van der Waals surface area contributed by atoms with Crippen LogP contribution in [0.15, 0.2) is 36.7 Å². The van der Waals surface area contributed by atoms with Crippen molar-refractivity contribution in [2.45, 2.75) is 32.4 Å². The Hall–Kier alpha value is -3.32. The van der Waals surface area contributed by atoms with Gasteiger partial charge >= 0.3 is 154 Å². The van der Waals surface area contributed by atoms with E-state index in [4.69, 9.17) is 15.9 Å². The van der Waals surface area contributed by atoms with Gasteiger partial charge in [0.1, 0.15) is 6.61 Å². The van der Waals surface area contributed by atoms with Crippen molar-refractivity contribution in [2.75, 3.05) is 26.3 Å². The number of fused-ring (bicyclic) bond motifs is 1. The molecule has 1 aromatic carbocycles. The predicted molar refractivity (Wildman–Crippen MR) is 136 cm³/mol. The first-order valence-corrected chi connectivity index (χ1v) is 12.8. The summed E-state index contributed by atoms with van der Waals surface area (Å²) in [4.78, 5) is 27.5. The van der Waals surface area contributed by atoms with Crippen LogP contribution in [0.5, 0.6) is 0 Å². The van der Waals surface area contributed by atoms with Crippen molar-refractivity contribution in [2.24, 2.45) is 5.92 Å². The number of terminal acetylenes is 1. The van der Waals surface area contributed by atoms with Crippen molar-refractivity contribution in [1.82, 2.24) is 24.4 Å². The normalized spacial score (nSPS) is 13.8. The summed E-state index contributed by atoms with van der Waals surface area (Å²) < 4.78 is 13.6. The molecular formula is C26H28AsN5O3. The summed E-state index contributed by atoms with van der Waals surface area (Å²) in [7, 11) is 0. The Labute approximate surface area is 213 Å². The minimum absolute atomic E-state index is 0.252. The molecule has 2 aromatic heterocycles. The molecule has 1 amide bonds. The molecule has 0 radical (unpaired) electrons. The molecule has 1 saturated heterocycles. The van der Waals surface area contributed by atoms with E-state index in [9.17, 15) is 4.79 Å². The van der Waals surface area contributed by atoms with Crippen LogP contribution in [0.2, 0.25) is 0 Å². The van der Waals surface area contributed by atoms with Crippen molar-refractivity contribution in [1.29, 1.82) is 0 Å². The number of rotatable bonds is 7. The van der Waals surface area contributed by atoms with Crippen LogP contribution in [0, 0.1) is 30.1 Å². The Kier molecular flexibility index (Phi) is 8.78. The number of nitrogens with zero attached hydrogens (tertiary/aromatic N) is 5. The van der Waals surface area contributed by atoms with E-state index in [1.165, 1.54) is 16.9 Å². The van der Waals surface area contributed by atoms with E-state index in [2.05, 4.69) is 32.7 Å². The van der Waals surface area contributed by atoms with E-state index < -0.39 is 0 Å². The number of imidazole rings is 1. The maximum absolute atomic E-state index is 12.3. The van der Waals surface area contributed by atoms with E-state index in [0.717, 1.165) is 40.5 Å². The number of likely N-dealkylation sites (tertiary alicyclic amines) is 1. The summed E-state index contributed by atoms with van der Waals surface area (Å²) in [6, 6.07) is 9.92. The zero-order valence-electron chi connectivity index (χ0n) is 19.5. The minimum atomic E-state index is -0.277. The number of hydrogen-bond donors (Lipinski definition) is 0. The van der Waals surface area contributed by atoms with Crippen LogP contribution in [0.25, 0.3) is 11.2 Å². The van der Waals surface area contributed by atoms with Crippen LogP contribution < -0.4 is 4.48 Å². The zero-order valence-corrected chi connectivity index (χ0v) is 21.9. The molecule has 1 atom stereocenters. The summed E-state index contributed by atoms with van der Waals surface area (Å²) in [5.74, 6) is 9.85. The first-order chi connectivity index (χ1) is 17.1. The van der Waals surface area contributed by atoms with Gasteiger partial charge in [0.15, 0.2) is 0 Å². The molecule has 180 valence electrons. The van der Waals surface area contributed by atoms with Gasteiger partial charge < -0.3 is 4.74 Å². The summed E-state index contributed by atoms with van der Waals surface area (Å²) in [6.07, 6.45) is 9.37. The Morgan fingerprint density at radius 1 is 1.17 bits per heavy atom. The van der Waals surface area contributed by atoms with Gasteiger partial charge in [0, 0.05) is 0 Å². The topological polar surface area (TPSA) is 82.4 Å². The third kappa shape index (κ3) is 6.85. The third-order valence-corrected chi connectivity index (χ3v) is 6.63. The van der Waals surface area contributed by atoms with Crippen LogP contribution >= 0.6 is 0 Å². The van der Waals surface area contributed by atoms with E-state index in [-0.39, 0.29) is 12.7 Å². The molecule has 1 unspecified atom stereocenters. The summed E-state index contributed by atoms with van der Waals surface area (Å²) in [6.45, 7) is 2.90. The fourth-order valence-corrected chi connectivity index (χ4v) is 4.56. The Morgan fingerprint density at radius 2 is 1.97 bits per heavy atom. The van der Waals surface area contributed by atoms with Crippen molar-refractivity contribution in [3.05, 3.63) is 48.0 Å². The van der Waals surface area contributed by atoms with E-state index in [1.54, 1.807) is 11.2 Å². The molecule has 4 rings (SSSR count). The Morgan fingerprint density at radius 3 is 2.74 bits per heavy atom. The quantitative estimate of drug-likeness (QED) is 0.260.